The molecule has 1 saturated heterocycles. The number of methoxy groups -OCH3 is 1. The van der Waals surface area contributed by atoms with Gasteiger partial charge in [0.1, 0.15) is 29.5 Å². The molecule has 2 aliphatic carbocycles. The number of aromatic nitrogens is 1. The van der Waals surface area contributed by atoms with E-state index in [1.165, 1.54) is 18.2 Å². The molecular weight excluding hydrogens is 865 g/mol. The minimum absolute atomic E-state index is 0.0232. The number of nitrogens with zero attached hydrogens (tertiary/aromatic N) is 2. The lowest BCUT2D eigenvalue weighted by Crippen LogP contribution is -2.58. The Bertz CT molecular complexity index is 2130. The van der Waals surface area contributed by atoms with E-state index in [1.54, 1.807) is 56.3 Å². The van der Waals surface area contributed by atoms with Crippen molar-refractivity contribution in [3.05, 3.63) is 59.2 Å². The molecule has 0 bridgehead atoms. The van der Waals surface area contributed by atoms with E-state index in [2.05, 4.69) is 20.3 Å². The number of sulfonamides is 1. The molecule has 17 heteroatoms. The Morgan fingerprint density at radius 1 is 1.07 bits per heavy atom. The van der Waals surface area contributed by atoms with Gasteiger partial charge in [-0.25, -0.2) is 18.2 Å². The summed E-state index contributed by atoms with van der Waals surface area (Å²) in [6.45, 7) is 9.11. The first-order valence-corrected chi connectivity index (χ1v) is 21.2. The van der Waals surface area contributed by atoms with Gasteiger partial charge in [-0.3, -0.25) is 19.1 Å². The van der Waals surface area contributed by atoms with E-state index in [9.17, 15) is 27.6 Å². The number of carbonyl (C=O) groups excluding carboxylic acids is 4. The van der Waals surface area contributed by atoms with Gasteiger partial charge in [0.15, 0.2) is 0 Å². The second-order valence-electron chi connectivity index (χ2n) is 15.6. The smallest absolute Gasteiger partial charge is 0.338 e. The Labute approximate surface area is 338 Å². The standard InChI is InChI=1S/C38H45ClIN5O9S/c1-20(2)53-35(48)21-8-7-9-23(14-21)42-31(37(3,4)5)34(47)45-19-24(54-33-27-15-22(39)10-13-26(27)29(52-6)18-41-33)16-28(45)32(46)43-38(17-30(38)40)36(49)44-55(50,51)25-11-12-25/h7-10,13-15,18,20,24-25,28,30-31,42H,11-12,16-17,19H2,1-6H3,(H,43,46)(H,44,49)/t24-,28+,30-,31-,38-/m1/s1. The van der Waals surface area contributed by atoms with Crippen LogP contribution in [0.1, 0.15) is 70.7 Å². The molecule has 296 valence electrons. The quantitative estimate of drug-likeness (QED) is 0.119. The molecule has 3 fully saturated rings. The molecule has 5 atom stereocenters. The first kappa shape index (κ1) is 40.8. The second-order valence-corrected chi connectivity index (χ2v) is 19.5. The van der Waals surface area contributed by atoms with Gasteiger partial charge in [-0.15, -0.1) is 0 Å². The van der Waals surface area contributed by atoms with E-state index >= 15 is 0 Å². The van der Waals surface area contributed by atoms with Gasteiger partial charge in [0.05, 0.1) is 36.8 Å². The van der Waals surface area contributed by atoms with Crippen molar-refractivity contribution >= 4 is 84.4 Å². The van der Waals surface area contributed by atoms with Crippen molar-refractivity contribution in [2.24, 2.45) is 5.41 Å². The molecule has 0 radical (unpaired) electrons. The summed E-state index contributed by atoms with van der Waals surface area (Å²) in [6.07, 6.45) is 1.65. The van der Waals surface area contributed by atoms with Crippen molar-refractivity contribution in [1.29, 1.82) is 0 Å². The van der Waals surface area contributed by atoms with Crippen LogP contribution in [0.2, 0.25) is 5.02 Å². The fourth-order valence-corrected chi connectivity index (χ4v) is 9.25. The number of alkyl halides is 1. The molecule has 14 nitrogen and oxygen atoms in total. The predicted octanol–water partition coefficient (Wildman–Crippen LogP) is 5.01. The summed E-state index contributed by atoms with van der Waals surface area (Å²) in [5.41, 5.74) is -1.39. The maximum atomic E-state index is 14.8. The van der Waals surface area contributed by atoms with Crippen LogP contribution in [0.15, 0.2) is 48.7 Å². The predicted molar refractivity (Wildman–Crippen MR) is 215 cm³/mol. The van der Waals surface area contributed by atoms with Crippen LogP contribution in [0.4, 0.5) is 5.69 Å². The summed E-state index contributed by atoms with van der Waals surface area (Å²) in [4.78, 5) is 61.2. The highest BCUT2D eigenvalue weighted by atomic mass is 127. The van der Waals surface area contributed by atoms with Gasteiger partial charge in [0, 0.05) is 31.8 Å². The maximum absolute atomic E-state index is 14.8. The lowest BCUT2D eigenvalue weighted by molar-refractivity contribution is -0.141. The van der Waals surface area contributed by atoms with Crippen molar-refractivity contribution in [3.8, 4) is 11.6 Å². The third kappa shape index (κ3) is 8.90. The molecule has 3 aliphatic rings. The van der Waals surface area contributed by atoms with Crippen molar-refractivity contribution in [1.82, 2.24) is 19.9 Å². The molecule has 2 heterocycles. The summed E-state index contributed by atoms with van der Waals surface area (Å²) in [7, 11) is -2.35. The monoisotopic (exact) mass is 909 g/mol. The molecule has 2 aromatic carbocycles. The van der Waals surface area contributed by atoms with Crippen LogP contribution in [0.5, 0.6) is 11.6 Å². The molecule has 3 amide bonds. The van der Waals surface area contributed by atoms with Gasteiger partial charge >= 0.3 is 5.97 Å². The lowest BCUT2D eigenvalue weighted by atomic mass is 9.85. The number of hydrogen-bond donors (Lipinski definition) is 3. The van der Waals surface area contributed by atoms with Crippen LogP contribution in [0, 0.1) is 5.41 Å². The zero-order chi connectivity index (χ0) is 40.0. The van der Waals surface area contributed by atoms with Crippen molar-refractivity contribution < 1.29 is 41.8 Å². The number of nitrogens with one attached hydrogen (secondary N) is 3. The Morgan fingerprint density at radius 3 is 2.40 bits per heavy atom. The summed E-state index contributed by atoms with van der Waals surface area (Å²) >= 11 is 8.38. The normalized spacial score (nSPS) is 22.9. The van der Waals surface area contributed by atoms with E-state index in [-0.39, 0.29) is 35.3 Å². The first-order valence-electron chi connectivity index (χ1n) is 18.0. The second kappa shape index (κ2) is 15.6. The average molecular weight is 910 g/mol. The van der Waals surface area contributed by atoms with Crippen LogP contribution in [0.3, 0.4) is 0 Å². The molecule has 55 heavy (non-hydrogen) atoms. The van der Waals surface area contributed by atoms with E-state index < -0.39 is 68.1 Å². The highest BCUT2D eigenvalue weighted by Crippen LogP contribution is 2.45. The van der Waals surface area contributed by atoms with Crippen molar-refractivity contribution in [3.63, 3.8) is 0 Å². The van der Waals surface area contributed by atoms with Crippen LogP contribution >= 0.6 is 34.2 Å². The van der Waals surface area contributed by atoms with Crippen LogP contribution in [-0.2, 0) is 29.1 Å². The van der Waals surface area contributed by atoms with Crippen molar-refractivity contribution in [2.75, 3.05) is 19.0 Å². The largest absolute Gasteiger partial charge is 0.494 e. The van der Waals surface area contributed by atoms with Crippen LogP contribution in [0.25, 0.3) is 10.8 Å². The van der Waals surface area contributed by atoms with Gasteiger partial charge in [-0.05, 0) is 74.9 Å². The minimum Gasteiger partial charge on any atom is -0.494 e. The summed E-state index contributed by atoms with van der Waals surface area (Å²) in [5.74, 6) is -1.63. The summed E-state index contributed by atoms with van der Waals surface area (Å²) in [6, 6.07) is 9.82. The average Bonchev–Trinajstić information content (AvgIpc) is 4.03. The molecule has 2 saturated carbocycles. The third-order valence-electron chi connectivity index (χ3n) is 9.81. The highest BCUT2D eigenvalue weighted by molar-refractivity contribution is 14.1. The van der Waals surface area contributed by atoms with E-state index in [1.807, 2.05) is 43.4 Å². The molecule has 3 N–H and O–H groups in total. The first-order chi connectivity index (χ1) is 25.8. The van der Waals surface area contributed by atoms with E-state index in [0.29, 0.717) is 45.6 Å². The summed E-state index contributed by atoms with van der Waals surface area (Å²) < 4.78 is 44.5. The highest BCUT2D eigenvalue weighted by Gasteiger charge is 2.62. The Hall–Kier alpha value is -3.90. The number of ether oxygens (including phenoxy) is 3. The van der Waals surface area contributed by atoms with E-state index in [4.69, 9.17) is 25.8 Å². The topological polar surface area (TPSA) is 182 Å². The number of carbonyl (C=O) groups is 4. The minimum atomic E-state index is -3.87. The van der Waals surface area contributed by atoms with Gasteiger partial charge < -0.3 is 29.7 Å². The Kier molecular flexibility index (Phi) is 11.5. The number of hydrogen-bond acceptors (Lipinski definition) is 11. The number of likely N-dealkylation sites (tertiary alicyclic amines) is 1. The van der Waals surface area contributed by atoms with E-state index in [0.717, 1.165) is 0 Å². The zero-order valence-electron chi connectivity index (χ0n) is 31.4. The number of anilines is 1. The van der Waals surface area contributed by atoms with Gasteiger partial charge in [-0.1, -0.05) is 61.0 Å². The van der Waals surface area contributed by atoms with Gasteiger partial charge in [0.2, 0.25) is 27.7 Å². The fourth-order valence-electron chi connectivity index (χ4n) is 6.58. The Morgan fingerprint density at radius 2 is 1.78 bits per heavy atom. The molecule has 1 aliphatic heterocycles. The van der Waals surface area contributed by atoms with Gasteiger partial charge in [-0.2, -0.15) is 0 Å². The Balaban J connectivity index is 1.31. The number of benzene rings is 2. The number of halogens is 2. The molecule has 1 aromatic heterocycles. The van der Waals surface area contributed by atoms with Crippen LogP contribution in [-0.4, -0.2) is 94.7 Å². The molecular formula is C38H45ClIN5O9S. The van der Waals surface area contributed by atoms with Gasteiger partial charge in [0.25, 0.3) is 5.91 Å². The molecule has 3 aromatic rings. The lowest BCUT2D eigenvalue weighted by Gasteiger charge is -2.36. The molecule has 6 rings (SSSR count). The zero-order valence-corrected chi connectivity index (χ0v) is 35.1. The molecule has 0 unspecified atom stereocenters. The fraction of sp³-hybridized carbons (Fsp3) is 0.500. The molecule has 0 spiro atoms. The SMILES string of the molecule is COc1cnc(O[C@@H]2C[C@@H](C(=O)N[C@]3(C(=O)NS(=O)(=O)C4CC4)C[C@H]3I)N(C(=O)[C@@H](Nc3cccc(C(=O)OC(C)C)c3)C(C)(C)C)C2)c2cc(Cl)ccc12. The number of fused-ring (bicyclic) bond motifs is 1. The number of amides is 3. The maximum Gasteiger partial charge on any atom is 0.338 e. The third-order valence-corrected chi connectivity index (χ3v) is 13.4. The number of rotatable bonds is 13. The van der Waals surface area contributed by atoms with Crippen LogP contribution < -0.4 is 24.8 Å². The number of pyridine rings is 1. The number of esters is 1. The summed E-state index contributed by atoms with van der Waals surface area (Å²) in [5, 5.41) is 7.21. The van der Waals surface area contributed by atoms with Crippen molar-refractivity contribution in [2.45, 2.75) is 99.3 Å².